The molecule has 1 aromatic carbocycles. The number of aromatic nitrogens is 1. The molecule has 0 bridgehead atoms. The number of piperazine rings is 1. The van der Waals surface area contributed by atoms with Gasteiger partial charge in [-0.15, -0.1) is 0 Å². The van der Waals surface area contributed by atoms with Gasteiger partial charge in [0.05, 0.1) is 19.4 Å². The Bertz CT molecular complexity index is 822. The lowest BCUT2D eigenvalue weighted by molar-refractivity contribution is 0.143. The minimum absolute atomic E-state index is 0.472. The Morgan fingerprint density at radius 3 is 2.60 bits per heavy atom. The summed E-state index contributed by atoms with van der Waals surface area (Å²) < 4.78 is 16.3. The van der Waals surface area contributed by atoms with Crippen molar-refractivity contribution in [2.45, 2.75) is 6.54 Å². The molecule has 1 saturated heterocycles. The molecule has 30 heavy (non-hydrogen) atoms. The fourth-order valence-corrected chi connectivity index (χ4v) is 3.47. The van der Waals surface area contributed by atoms with Crippen molar-refractivity contribution in [3.8, 4) is 11.6 Å². The Hall–Kier alpha value is -3.00. The number of hydrogen-bond donors (Lipinski definition) is 1. The average molecular weight is 414 g/mol. The maximum atomic E-state index is 5.73. The first-order valence-corrected chi connectivity index (χ1v) is 10.2. The number of hydrogen-bond acceptors (Lipinski definition) is 6. The Labute approximate surface area is 178 Å². The van der Waals surface area contributed by atoms with Crippen LogP contribution < -0.4 is 19.7 Å². The van der Waals surface area contributed by atoms with E-state index < -0.39 is 0 Å². The summed E-state index contributed by atoms with van der Waals surface area (Å²) in [4.78, 5) is 13.4. The van der Waals surface area contributed by atoms with E-state index in [0.29, 0.717) is 25.6 Å². The molecule has 2 heterocycles. The van der Waals surface area contributed by atoms with Crippen LogP contribution in [0, 0.1) is 0 Å². The van der Waals surface area contributed by atoms with E-state index in [1.54, 1.807) is 20.4 Å². The number of anilines is 1. The van der Waals surface area contributed by atoms with Crippen molar-refractivity contribution in [2.75, 3.05) is 65.6 Å². The fourth-order valence-electron chi connectivity index (χ4n) is 3.47. The molecule has 0 radical (unpaired) electrons. The van der Waals surface area contributed by atoms with Gasteiger partial charge in [-0.3, -0.25) is 4.99 Å². The lowest BCUT2D eigenvalue weighted by Crippen LogP contribution is -2.52. The molecule has 0 unspecified atom stereocenters. The number of guanidine groups is 1. The molecule has 0 saturated carbocycles. The SMILES string of the molecule is CN=C(NCc1cccnc1OCCOC)N1CCN(c2ccccc2OC)CC1. The van der Waals surface area contributed by atoms with Crippen molar-refractivity contribution < 1.29 is 14.2 Å². The molecule has 3 rings (SSSR count). The topological polar surface area (TPSA) is 71.5 Å². The smallest absolute Gasteiger partial charge is 0.218 e. The number of ether oxygens (including phenoxy) is 3. The number of aliphatic imine (C=N–C) groups is 1. The highest BCUT2D eigenvalue weighted by Gasteiger charge is 2.21. The van der Waals surface area contributed by atoms with Crippen LogP contribution in [0.4, 0.5) is 5.69 Å². The third-order valence-electron chi connectivity index (χ3n) is 5.03. The number of para-hydroxylation sites is 2. The fraction of sp³-hybridized carbons (Fsp3) is 0.455. The van der Waals surface area contributed by atoms with Crippen molar-refractivity contribution in [2.24, 2.45) is 4.99 Å². The largest absolute Gasteiger partial charge is 0.495 e. The van der Waals surface area contributed by atoms with E-state index in [2.05, 4.69) is 31.2 Å². The predicted molar refractivity (Wildman–Crippen MR) is 119 cm³/mol. The Balaban J connectivity index is 1.56. The van der Waals surface area contributed by atoms with Crippen LogP contribution in [-0.2, 0) is 11.3 Å². The Kier molecular flexibility index (Phi) is 8.14. The molecule has 8 heteroatoms. The molecule has 0 atom stereocenters. The predicted octanol–water partition coefficient (Wildman–Crippen LogP) is 2.01. The number of methoxy groups -OCH3 is 2. The molecule has 1 aliphatic rings. The molecule has 0 spiro atoms. The third kappa shape index (κ3) is 5.54. The average Bonchev–Trinajstić information content (AvgIpc) is 2.81. The van der Waals surface area contributed by atoms with Gasteiger partial charge in [0.1, 0.15) is 12.4 Å². The van der Waals surface area contributed by atoms with E-state index >= 15 is 0 Å². The lowest BCUT2D eigenvalue weighted by Gasteiger charge is -2.38. The molecule has 8 nitrogen and oxygen atoms in total. The zero-order chi connectivity index (χ0) is 21.2. The molecule has 2 aromatic rings. The minimum atomic E-state index is 0.472. The normalized spacial score (nSPS) is 14.6. The number of rotatable bonds is 8. The standard InChI is InChI=1S/C22H31N5O3/c1-23-22(25-17-18-7-6-10-24-21(18)30-16-15-28-2)27-13-11-26(12-14-27)19-8-4-5-9-20(19)29-3/h4-10H,11-17H2,1-3H3,(H,23,25). The molecule has 0 aliphatic carbocycles. The molecule has 162 valence electrons. The first-order chi connectivity index (χ1) is 14.8. The number of nitrogens with zero attached hydrogens (tertiary/aromatic N) is 4. The zero-order valence-electron chi connectivity index (χ0n) is 18.0. The van der Waals surface area contributed by atoms with Gasteiger partial charge in [-0.2, -0.15) is 0 Å². The van der Waals surface area contributed by atoms with Crippen molar-refractivity contribution in [3.63, 3.8) is 0 Å². The molecular formula is C22H31N5O3. The van der Waals surface area contributed by atoms with Crippen LogP contribution in [0.25, 0.3) is 0 Å². The lowest BCUT2D eigenvalue weighted by atomic mass is 10.2. The maximum Gasteiger partial charge on any atom is 0.218 e. The van der Waals surface area contributed by atoms with E-state index in [9.17, 15) is 0 Å². The summed E-state index contributed by atoms with van der Waals surface area (Å²) in [6.45, 7) is 5.15. The Morgan fingerprint density at radius 2 is 1.87 bits per heavy atom. The van der Waals surface area contributed by atoms with Crippen LogP contribution in [0.3, 0.4) is 0 Å². The van der Waals surface area contributed by atoms with E-state index in [1.807, 2.05) is 37.4 Å². The van der Waals surface area contributed by atoms with Crippen molar-refractivity contribution in [1.82, 2.24) is 15.2 Å². The van der Waals surface area contributed by atoms with Crippen LogP contribution >= 0.6 is 0 Å². The molecule has 0 amide bonds. The quantitative estimate of drug-likeness (QED) is 0.403. The minimum Gasteiger partial charge on any atom is -0.495 e. The van der Waals surface area contributed by atoms with Gasteiger partial charge in [0.2, 0.25) is 5.88 Å². The molecule has 1 N–H and O–H groups in total. The van der Waals surface area contributed by atoms with Crippen molar-refractivity contribution in [3.05, 3.63) is 48.2 Å². The summed E-state index contributed by atoms with van der Waals surface area (Å²) in [5.74, 6) is 2.41. The monoisotopic (exact) mass is 413 g/mol. The highest BCUT2D eigenvalue weighted by Crippen LogP contribution is 2.28. The summed E-state index contributed by atoms with van der Waals surface area (Å²) in [6, 6.07) is 12.1. The first kappa shape index (κ1) is 21.7. The van der Waals surface area contributed by atoms with Gasteiger partial charge in [0.25, 0.3) is 0 Å². The highest BCUT2D eigenvalue weighted by atomic mass is 16.5. The van der Waals surface area contributed by atoms with Crippen LogP contribution in [0.1, 0.15) is 5.56 Å². The van der Waals surface area contributed by atoms with Gasteiger partial charge in [0, 0.05) is 58.6 Å². The summed E-state index contributed by atoms with van der Waals surface area (Å²) in [5, 5.41) is 3.44. The van der Waals surface area contributed by atoms with Gasteiger partial charge in [-0.25, -0.2) is 4.98 Å². The second-order valence-corrected chi connectivity index (χ2v) is 6.86. The molecular weight excluding hydrogens is 382 g/mol. The third-order valence-corrected chi connectivity index (χ3v) is 5.03. The van der Waals surface area contributed by atoms with Gasteiger partial charge in [0.15, 0.2) is 5.96 Å². The number of benzene rings is 1. The molecule has 1 aromatic heterocycles. The van der Waals surface area contributed by atoms with E-state index in [1.165, 1.54) is 0 Å². The second-order valence-electron chi connectivity index (χ2n) is 6.86. The molecule has 1 fully saturated rings. The number of nitrogens with one attached hydrogen (secondary N) is 1. The van der Waals surface area contributed by atoms with Crippen LogP contribution in [0.2, 0.25) is 0 Å². The van der Waals surface area contributed by atoms with E-state index in [0.717, 1.165) is 49.1 Å². The first-order valence-electron chi connectivity index (χ1n) is 10.2. The van der Waals surface area contributed by atoms with Crippen molar-refractivity contribution >= 4 is 11.6 Å². The summed E-state index contributed by atoms with van der Waals surface area (Å²) in [5.41, 5.74) is 2.12. The van der Waals surface area contributed by atoms with Crippen molar-refractivity contribution in [1.29, 1.82) is 0 Å². The van der Waals surface area contributed by atoms with E-state index in [4.69, 9.17) is 14.2 Å². The summed E-state index contributed by atoms with van der Waals surface area (Å²) >= 11 is 0. The van der Waals surface area contributed by atoms with Gasteiger partial charge in [-0.05, 0) is 18.2 Å². The van der Waals surface area contributed by atoms with Gasteiger partial charge >= 0.3 is 0 Å². The van der Waals surface area contributed by atoms with Gasteiger partial charge in [-0.1, -0.05) is 18.2 Å². The van der Waals surface area contributed by atoms with E-state index in [-0.39, 0.29) is 0 Å². The highest BCUT2D eigenvalue weighted by molar-refractivity contribution is 5.80. The maximum absolute atomic E-state index is 5.73. The zero-order valence-corrected chi connectivity index (χ0v) is 18.0. The van der Waals surface area contributed by atoms with Crippen LogP contribution in [-0.4, -0.2) is 76.5 Å². The molecule has 1 aliphatic heterocycles. The summed E-state index contributed by atoms with van der Waals surface area (Å²) in [6.07, 6.45) is 1.73. The summed E-state index contributed by atoms with van der Waals surface area (Å²) in [7, 11) is 5.18. The van der Waals surface area contributed by atoms with Crippen LogP contribution in [0.15, 0.2) is 47.6 Å². The van der Waals surface area contributed by atoms with Gasteiger partial charge < -0.3 is 29.3 Å². The van der Waals surface area contributed by atoms with Crippen LogP contribution in [0.5, 0.6) is 11.6 Å². The Morgan fingerprint density at radius 1 is 1.07 bits per heavy atom. The second kappa shape index (κ2) is 11.3. The number of pyridine rings is 1.